The fraction of sp³-hybridized carbons (Fsp3) is 0. The summed E-state index contributed by atoms with van der Waals surface area (Å²) in [6.45, 7) is 0. The Hall–Kier alpha value is -1.85. The van der Waals surface area contributed by atoms with Gasteiger partial charge in [0.15, 0.2) is 0 Å². The van der Waals surface area contributed by atoms with E-state index in [9.17, 15) is 28.6 Å². The number of sulfone groups is 1. The number of nitrogens with zero attached hydrogens (tertiary/aromatic N) is 2. The highest BCUT2D eigenvalue weighted by atomic mass is 32.3. The van der Waals surface area contributed by atoms with Crippen LogP contribution in [0.5, 0.6) is 0 Å². The van der Waals surface area contributed by atoms with Crippen molar-refractivity contribution in [2.75, 3.05) is 0 Å². The Kier molecular flexibility index (Phi) is 3.34. The summed E-state index contributed by atoms with van der Waals surface area (Å²) in [5, 5.41) is 20.4. The molecule has 0 atom stereocenters. The van der Waals surface area contributed by atoms with Crippen molar-refractivity contribution in [3.8, 4) is 0 Å². The lowest BCUT2D eigenvalue weighted by Gasteiger charge is -1.95. The Labute approximate surface area is 114 Å². The fourth-order valence-corrected chi connectivity index (χ4v) is 5.09. The van der Waals surface area contributed by atoms with E-state index in [1.807, 2.05) is 0 Å². The summed E-state index contributed by atoms with van der Waals surface area (Å²) < 4.78 is 23.7. The van der Waals surface area contributed by atoms with Gasteiger partial charge in [0, 0.05) is 12.1 Å². The maximum absolute atomic E-state index is 12.1. The second-order valence-electron chi connectivity index (χ2n) is 3.20. The Morgan fingerprint density at radius 3 is 1.47 bits per heavy atom. The normalized spacial score (nSPS) is 11.4. The first-order valence-corrected chi connectivity index (χ1v) is 7.67. The monoisotopic (exact) mass is 320 g/mol. The number of hydrogen-bond donors (Lipinski definition) is 0. The van der Waals surface area contributed by atoms with E-state index in [2.05, 4.69) is 0 Å². The highest BCUT2D eigenvalue weighted by Crippen LogP contribution is 2.36. The van der Waals surface area contributed by atoms with Crippen LogP contribution < -0.4 is 0 Å². The summed E-state index contributed by atoms with van der Waals surface area (Å²) in [6.07, 6.45) is 0. The van der Waals surface area contributed by atoms with Gasteiger partial charge in [-0.25, -0.2) is 8.42 Å². The minimum Gasteiger partial charge on any atom is -0.258 e. The molecule has 0 amide bonds. The van der Waals surface area contributed by atoms with E-state index in [1.165, 1.54) is 0 Å². The van der Waals surface area contributed by atoms with Crippen LogP contribution in [0.4, 0.5) is 10.0 Å². The molecule has 0 unspecified atom stereocenters. The van der Waals surface area contributed by atoms with Crippen LogP contribution in [0, 0.1) is 20.2 Å². The van der Waals surface area contributed by atoms with Crippen molar-refractivity contribution in [3.63, 3.8) is 0 Å². The predicted molar refractivity (Wildman–Crippen MR) is 67.4 cm³/mol. The third-order valence-electron chi connectivity index (χ3n) is 2.02. The van der Waals surface area contributed by atoms with Crippen LogP contribution in [0.25, 0.3) is 0 Å². The first-order chi connectivity index (χ1) is 8.82. The van der Waals surface area contributed by atoms with E-state index in [1.54, 1.807) is 0 Å². The molecule has 100 valence electrons. The van der Waals surface area contributed by atoms with Crippen LogP contribution in [0.2, 0.25) is 0 Å². The number of thiophene rings is 2. The molecule has 0 aliphatic rings. The van der Waals surface area contributed by atoms with Gasteiger partial charge in [0.25, 0.3) is 0 Å². The van der Waals surface area contributed by atoms with Crippen molar-refractivity contribution in [2.24, 2.45) is 0 Å². The van der Waals surface area contributed by atoms with Crippen LogP contribution in [0.3, 0.4) is 0 Å². The molecule has 0 N–H and O–H groups in total. The maximum atomic E-state index is 12.1. The third-order valence-corrected chi connectivity index (χ3v) is 6.84. The zero-order valence-corrected chi connectivity index (χ0v) is 11.3. The van der Waals surface area contributed by atoms with Crippen LogP contribution in [-0.4, -0.2) is 18.3 Å². The average Bonchev–Trinajstić information content (AvgIpc) is 2.99. The van der Waals surface area contributed by atoms with Gasteiger partial charge >= 0.3 is 10.0 Å². The molecule has 2 heterocycles. The molecule has 0 saturated heterocycles. The Bertz CT molecular complexity index is 701. The molecule has 0 spiro atoms. The predicted octanol–water partition coefficient (Wildman–Crippen LogP) is 2.46. The van der Waals surface area contributed by atoms with E-state index in [-0.39, 0.29) is 18.4 Å². The zero-order chi connectivity index (χ0) is 14.2. The molecule has 0 bridgehead atoms. The van der Waals surface area contributed by atoms with Gasteiger partial charge in [-0.3, -0.25) is 20.2 Å². The van der Waals surface area contributed by atoms with Crippen LogP contribution >= 0.6 is 22.7 Å². The van der Waals surface area contributed by atoms with Gasteiger partial charge in [0.05, 0.1) is 9.85 Å². The van der Waals surface area contributed by atoms with E-state index in [0.717, 1.165) is 24.3 Å². The van der Waals surface area contributed by atoms with Gasteiger partial charge in [-0.05, 0) is 12.1 Å². The molecule has 8 nitrogen and oxygen atoms in total. The maximum Gasteiger partial charge on any atom is 0.325 e. The average molecular weight is 320 g/mol. The van der Waals surface area contributed by atoms with Gasteiger partial charge in [0.2, 0.25) is 9.84 Å². The number of nitro groups is 2. The standard InChI is InChI=1S/C8H4N2O6S3/c11-9(12)5-1-3-7(17-5)19(15,16)8-4-2-6(18-8)10(13)14/h1-4H. The van der Waals surface area contributed by atoms with Crippen LogP contribution in [0.1, 0.15) is 0 Å². The third kappa shape index (κ3) is 2.47. The molecule has 0 radical (unpaired) electrons. The van der Waals surface area contributed by atoms with Crippen molar-refractivity contribution in [1.29, 1.82) is 0 Å². The Morgan fingerprint density at radius 1 is 0.842 bits per heavy atom. The molecule has 11 heteroatoms. The summed E-state index contributed by atoms with van der Waals surface area (Å²) in [5.41, 5.74) is 0. The number of rotatable bonds is 4. The van der Waals surface area contributed by atoms with Crippen molar-refractivity contribution in [1.82, 2.24) is 0 Å². The SMILES string of the molecule is O=[N+]([O-])c1ccc(S(=O)(=O)c2ccc([N+](=O)[O-])s2)s1. The molecular formula is C8H4N2O6S3. The zero-order valence-electron chi connectivity index (χ0n) is 8.88. The van der Waals surface area contributed by atoms with Crippen molar-refractivity contribution >= 4 is 42.5 Å². The lowest BCUT2D eigenvalue weighted by atomic mass is 10.6. The lowest BCUT2D eigenvalue weighted by Crippen LogP contribution is -1.95. The van der Waals surface area contributed by atoms with E-state index >= 15 is 0 Å². The van der Waals surface area contributed by atoms with Crippen LogP contribution in [-0.2, 0) is 9.84 Å². The smallest absolute Gasteiger partial charge is 0.258 e. The lowest BCUT2D eigenvalue weighted by molar-refractivity contribution is -0.380. The topological polar surface area (TPSA) is 120 Å². The molecule has 2 rings (SSSR count). The van der Waals surface area contributed by atoms with Gasteiger partial charge in [-0.15, -0.1) is 0 Å². The molecular weight excluding hydrogens is 316 g/mol. The van der Waals surface area contributed by atoms with Gasteiger partial charge in [0.1, 0.15) is 8.42 Å². The van der Waals surface area contributed by atoms with Crippen LogP contribution in [0.15, 0.2) is 32.7 Å². The molecule has 0 aliphatic heterocycles. The summed E-state index contributed by atoms with van der Waals surface area (Å²) in [6, 6.07) is 4.40. The minimum absolute atomic E-state index is 0.212. The van der Waals surface area contributed by atoms with E-state index < -0.39 is 19.7 Å². The molecule has 0 aliphatic carbocycles. The molecule has 19 heavy (non-hydrogen) atoms. The molecule has 0 fully saturated rings. The van der Waals surface area contributed by atoms with Crippen molar-refractivity contribution in [2.45, 2.75) is 8.42 Å². The van der Waals surface area contributed by atoms with E-state index in [0.29, 0.717) is 22.7 Å². The Morgan fingerprint density at radius 2 is 1.21 bits per heavy atom. The van der Waals surface area contributed by atoms with Crippen molar-refractivity contribution in [3.05, 3.63) is 44.5 Å². The first-order valence-electron chi connectivity index (χ1n) is 4.56. The molecule has 2 aromatic rings. The second-order valence-corrected chi connectivity index (χ2v) is 7.73. The molecule has 0 saturated carbocycles. The summed E-state index contributed by atoms with van der Waals surface area (Å²) in [5.74, 6) is 0. The quantitative estimate of drug-likeness (QED) is 0.630. The Balaban J connectivity index is 2.45. The van der Waals surface area contributed by atoms with Gasteiger partial charge in [-0.2, -0.15) is 0 Å². The van der Waals surface area contributed by atoms with Gasteiger partial charge in [-0.1, -0.05) is 22.7 Å². The second kappa shape index (κ2) is 4.68. The molecule has 0 aromatic carbocycles. The summed E-state index contributed by atoms with van der Waals surface area (Å²) in [7, 11) is -3.94. The fourth-order valence-electron chi connectivity index (χ4n) is 1.21. The highest BCUT2D eigenvalue weighted by Gasteiger charge is 2.26. The van der Waals surface area contributed by atoms with Gasteiger partial charge < -0.3 is 0 Å². The van der Waals surface area contributed by atoms with E-state index in [4.69, 9.17) is 0 Å². The number of hydrogen-bond acceptors (Lipinski definition) is 8. The first kappa shape index (κ1) is 13.6. The summed E-state index contributed by atoms with van der Waals surface area (Å²) >= 11 is 1.02. The summed E-state index contributed by atoms with van der Waals surface area (Å²) in [4.78, 5) is 19.6. The minimum atomic E-state index is -3.94. The largest absolute Gasteiger partial charge is 0.325 e. The molecule has 2 aromatic heterocycles. The van der Waals surface area contributed by atoms with Crippen molar-refractivity contribution < 1.29 is 18.3 Å². The highest BCUT2D eigenvalue weighted by molar-refractivity contribution is 7.95.